The third-order valence-corrected chi connectivity index (χ3v) is 9.42. The lowest BCUT2D eigenvalue weighted by molar-refractivity contribution is -0.0379. The van der Waals surface area contributed by atoms with Gasteiger partial charge in [-0.25, -0.2) is 9.59 Å². The van der Waals surface area contributed by atoms with Gasteiger partial charge in [0.1, 0.15) is 11.2 Å². The van der Waals surface area contributed by atoms with Gasteiger partial charge in [-0.2, -0.15) is 0 Å². The minimum absolute atomic E-state index is 0.228. The van der Waals surface area contributed by atoms with Crippen LogP contribution in [0.1, 0.15) is 85.9 Å². The van der Waals surface area contributed by atoms with Gasteiger partial charge in [0.2, 0.25) is 0 Å². The van der Waals surface area contributed by atoms with E-state index in [4.69, 9.17) is 9.47 Å². The molecule has 0 aliphatic heterocycles. The summed E-state index contributed by atoms with van der Waals surface area (Å²) >= 11 is 0. The average molecular weight is 459 g/mol. The third kappa shape index (κ3) is 3.76. The van der Waals surface area contributed by atoms with Crippen molar-refractivity contribution in [3.05, 3.63) is 59.7 Å². The Labute approximate surface area is 202 Å². The summed E-state index contributed by atoms with van der Waals surface area (Å²) in [5.74, 6) is 2.01. The predicted octanol–water partition coefficient (Wildman–Crippen LogP) is 6.82. The first-order valence-corrected chi connectivity index (χ1v) is 13.0. The fourth-order valence-corrected chi connectivity index (χ4v) is 7.50. The van der Waals surface area contributed by atoms with Crippen LogP contribution in [0.25, 0.3) is 11.1 Å². The van der Waals surface area contributed by atoms with Crippen LogP contribution in [0.2, 0.25) is 0 Å². The zero-order valence-corrected chi connectivity index (χ0v) is 20.2. The van der Waals surface area contributed by atoms with Crippen molar-refractivity contribution in [2.75, 3.05) is 0 Å². The number of carbonyl (C=O) groups excluding carboxylic acids is 2. The van der Waals surface area contributed by atoms with Crippen molar-refractivity contribution in [3.63, 3.8) is 0 Å². The van der Waals surface area contributed by atoms with E-state index in [9.17, 15) is 9.59 Å². The number of esters is 2. The largest absolute Gasteiger partial charge is 0.455 e. The second kappa shape index (κ2) is 7.96. The van der Waals surface area contributed by atoms with Crippen molar-refractivity contribution in [3.8, 4) is 11.1 Å². The van der Waals surface area contributed by atoms with Gasteiger partial charge in [-0.05, 0) is 124 Å². The van der Waals surface area contributed by atoms with E-state index in [0.29, 0.717) is 23.0 Å². The molecule has 34 heavy (non-hydrogen) atoms. The molecule has 0 heterocycles. The monoisotopic (exact) mass is 458 g/mol. The van der Waals surface area contributed by atoms with Crippen molar-refractivity contribution in [2.45, 2.75) is 76.4 Å². The quantitative estimate of drug-likeness (QED) is 0.461. The molecule has 0 saturated heterocycles. The first-order valence-electron chi connectivity index (χ1n) is 13.0. The number of hydrogen-bond acceptors (Lipinski definition) is 4. The van der Waals surface area contributed by atoms with Crippen LogP contribution in [0.3, 0.4) is 0 Å². The van der Waals surface area contributed by atoms with Gasteiger partial charge in [-0.3, -0.25) is 0 Å². The lowest BCUT2D eigenvalue weighted by Crippen LogP contribution is -2.37. The van der Waals surface area contributed by atoms with Crippen LogP contribution in [0.15, 0.2) is 48.5 Å². The SMILES string of the molecule is C[C@]1(OC(=O)c2ccc(-c3ccc(C(=O)O[C@@]4(C)C[C@H]5CC[C@@H]4C5)cc3)cc2)C[C@H]2CC[C@@H]1C2. The van der Waals surface area contributed by atoms with Crippen molar-refractivity contribution in [1.82, 2.24) is 0 Å². The lowest BCUT2D eigenvalue weighted by Gasteiger charge is -2.33. The molecule has 0 spiro atoms. The topological polar surface area (TPSA) is 52.6 Å². The van der Waals surface area contributed by atoms with Gasteiger partial charge >= 0.3 is 11.9 Å². The van der Waals surface area contributed by atoms with E-state index in [1.54, 1.807) is 0 Å². The van der Waals surface area contributed by atoms with Crippen LogP contribution in [0.5, 0.6) is 0 Å². The van der Waals surface area contributed by atoms with Crippen molar-refractivity contribution < 1.29 is 19.1 Å². The molecule has 4 nitrogen and oxygen atoms in total. The van der Waals surface area contributed by atoms with Crippen molar-refractivity contribution in [1.29, 1.82) is 0 Å². The van der Waals surface area contributed by atoms with Gasteiger partial charge in [-0.15, -0.1) is 0 Å². The molecule has 0 N–H and O–H groups in total. The van der Waals surface area contributed by atoms with Crippen molar-refractivity contribution >= 4 is 11.9 Å². The normalized spacial score (nSPS) is 35.5. The van der Waals surface area contributed by atoms with Crippen LogP contribution in [0, 0.1) is 23.7 Å². The van der Waals surface area contributed by atoms with Gasteiger partial charge < -0.3 is 9.47 Å². The van der Waals surface area contributed by atoms with E-state index in [-0.39, 0.29) is 23.1 Å². The average Bonchev–Trinajstić information content (AvgIpc) is 3.60. The summed E-state index contributed by atoms with van der Waals surface area (Å²) in [6, 6.07) is 15.1. The van der Waals surface area contributed by atoms with Crippen LogP contribution in [0.4, 0.5) is 0 Å². The summed E-state index contributed by atoms with van der Waals surface area (Å²) in [4.78, 5) is 25.6. The minimum atomic E-state index is -0.307. The highest BCUT2D eigenvalue weighted by molar-refractivity contribution is 5.91. The molecule has 2 aromatic rings. The number of ether oxygens (including phenoxy) is 2. The van der Waals surface area contributed by atoms with Crippen LogP contribution in [-0.4, -0.2) is 23.1 Å². The Morgan fingerprint density at radius 3 is 1.32 bits per heavy atom. The van der Waals surface area contributed by atoms with Crippen molar-refractivity contribution in [2.24, 2.45) is 23.7 Å². The molecule has 4 saturated carbocycles. The molecular weight excluding hydrogens is 424 g/mol. The molecule has 6 atom stereocenters. The Hall–Kier alpha value is -2.62. The summed E-state index contributed by atoms with van der Waals surface area (Å²) in [6.45, 7) is 4.21. The third-order valence-electron chi connectivity index (χ3n) is 9.42. The zero-order chi connectivity index (χ0) is 23.5. The molecule has 4 aliphatic carbocycles. The Morgan fingerprint density at radius 2 is 1.03 bits per heavy atom. The molecule has 178 valence electrons. The molecule has 0 radical (unpaired) electrons. The second-order valence-corrected chi connectivity index (χ2v) is 11.7. The Morgan fingerprint density at radius 1 is 0.647 bits per heavy atom. The fraction of sp³-hybridized carbons (Fsp3) is 0.533. The van der Waals surface area contributed by atoms with Gasteiger partial charge in [-0.1, -0.05) is 24.3 Å². The summed E-state index contributed by atoms with van der Waals surface area (Å²) in [6.07, 6.45) is 9.31. The maximum atomic E-state index is 12.8. The molecule has 4 heteroatoms. The summed E-state index contributed by atoms with van der Waals surface area (Å²) in [5, 5.41) is 0. The van der Waals surface area contributed by atoms with Gasteiger partial charge in [0, 0.05) is 0 Å². The highest BCUT2D eigenvalue weighted by Gasteiger charge is 2.51. The van der Waals surface area contributed by atoms with Crippen LogP contribution < -0.4 is 0 Å². The fourth-order valence-electron chi connectivity index (χ4n) is 7.50. The minimum Gasteiger partial charge on any atom is -0.455 e. The molecule has 0 aromatic heterocycles. The number of rotatable bonds is 5. The predicted molar refractivity (Wildman–Crippen MR) is 130 cm³/mol. The number of carbonyl (C=O) groups is 2. The van der Waals surface area contributed by atoms with E-state index in [0.717, 1.165) is 35.8 Å². The molecular formula is C30H34O4. The Kier molecular flexibility index (Phi) is 5.13. The number of benzene rings is 2. The van der Waals surface area contributed by atoms with E-state index >= 15 is 0 Å². The molecule has 6 rings (SSSR count). The van der Waals surface area contributed by atoms with Crippen LogP contribution >= 0.6 is 0 Å². The highest BCUT2D eigenvalue weighted by Crippen LogP contribution is 2.53. The molecule has 4 aliphatic rings. The molecule has 4 bridgehead atoms. The molecule has 0 unspecified atom stereocenters. The molecule has 0 amide bonds. The van der Waals surface area contributed by atoms with E-state index in [1.807, 2.05) is 48.5 Å². The maximum Gasteiger partial charge on any atom is 0.338 e. The van der Waals surface area contributed by atoms with Gasteiger partial charge in [0.15, 0.2) is 0 Å². The zero-order valence-electron chi connectivity index (χ0n) is 20.2. The Bertz CT molecular complexity index is 1010. The van der Waals surface area contributed by atoms with E-state index < -0.39 is 0 Å². The van der Waals surface area contributed by atoms with Gasteiger partial charge in [0.25, 0.3) is 0 Å². The van der Waals surface area contributed by atoms with Gasteiger partial charge in [0.05, 0.1) is 11.1 Å². The Balaban J connectivity index is 1.10. The first kappa shape index (κ1) is 21.9. The smallest absolute Gasteiger partial charge is 0.338 e. The highest BCUT2D eigenvalue weighted by atomic mass is 16.6. The summed E-state index contributed by atoms with van der Waals surface area (Å²) in [7, 11) is 0. The second-order valence-electron chi connectivity index (χ2n) is 11.7. The molecule has 4 fully saturated rings. The number of fused-ring (bicyclic) bond motifs is 4. The summed E-state index contributed by atoms with van der Waals surface area (Å²) in [5.41, 5.74) is 2.57. The number of hydrogen-bond donors (Lipinski definition) is 0. The maximum absolute atomic E-state index is 12.8. The standard InChI is InChI=1S/C30H34O4/c1-29(17-19-3-13-25(29)15-19)33-27(31)23-9-5-21(6-10-23)22-7-11-24(12-8-22)28(32)34-30(2)18-20-4-14-26(30)16-20/h5-12,19-20,25-26H,3-4,13-18H2,1-2H3/t19-,20-,25+,26+,29-,30-/m0/s1. The van der Waals surface area contributed by atoms with Crippen LogP contribution in [-0.2, 0) is 9.47 Å². The lowest BCUT2D eigenvalue weighted by atomic mass is 9.85. The molecule has 2 aromatic carbocycles. The van der Waals surface area contributed by atoms with E-state index in [1.165, 1.54) is 38.5 Å². The van der Waals surface area contributed by atoms with E-state index in [2.05, 4.69) is 13.8 Å². The first-order chi connectivity index (χ1) is 16.3. The summed E-state index contributed by atoms with van der Waals surface area (Å²) < 4.78 is 12.0.